The van der Waals surface area contributed by atoms with Gasteiger partial charge in [-0.15, -0.1) is 0 Å². The summed E-state index contributed by atoms with van der Waals surface area (Å²) in [5, 5.41) is 4.72. The minimum absolute atomic E-state index is 0.631. The first kappa shape index (κ1) is 31.9. The SMILES string of the molecule is c1ccc(-c2cc(-c3ccccc3)nc(-n3c4ccccc4c4cccc(-c5cc6c7ccccc7n(-c7ccccc7)c6cc5-c5ccccc5)c43)n2)cc1. The topological polar surface area (TPSA) is 35.6 Å². The van der Waals surface area contributed by atoms with E-state index in [2.05, 4.69) is 203 Å². The van der Waals surface area contributed by atoms with Gasteiger partial charge < -0.3 is 4.57 Å². The molecule has 11 aromatic rings. The van der Waals surface area contributed by atoms with Gasteiger partial charge in [-0.1, -0.05) is 164 Å². The summed E-state index contributed by atoms with van der Waals surface area (Å²) in [5.74, 6) is 0.631. The number of rotatable bonds is 6. The van der Waals surface area contributed by atoms with Crippen LogP contribution in [0.4, 0.5) is 0 Å². The highest BCUT2D eigenvalue weighted by molar-refractivity contribution is 6.17. The molecule has 0 spiro atoms. The van der Waals surface area contributed by atoms with Gasteiger partial charge in [-0.3, -0.25) is 4.57 Å². The van der Waals surface area contributed by atoms with E-state index in [0.717, 1.165) is 72.3 Å². The fourth-order valence-corrected chi connectivity index (χ4v) is 8.44. The van der Waals surface area contributed by atoms with Crippen LogP contribution >= 0.6 is 0 Å². The summed E-state index contributed by atoms with van der Waals surface area (Å²) in [4.78, 5) is 10.7. The standard InChI is InChI=1S/C52H34N4/c1-5-18-35(19-6-1)43-33-50-45(40-27-14-15-30-48(40)55(50)38-24-11-4-12-25-38)32-44(43)42-29-17-28-41-39-26-13-16-31-49(39)56(51(41)42)52-53-46(36-20-7-2-8-21-36)34-47(54-52)37-22-9-3-10-23-37/h1-34H. The van der Waals surface area contributed by atoms with Crippen LogP contribution < -0.4 is 0 Å². The van der Waals surface area contributed by atoms with E-state index in [-0.39, 0.29) is 0 Å². The summed E-state index contributed by atoms with van der Waals surface area (Å²) < 4.78 is 4.68. The molecule has 0 aliphatic rings. The molecule has 0 saturated carbocycles. The summed E-state index contributed by atoms with van der Waals surface area (Å²) in [6.07, 6.45) is 0. The van der Waals surface area contributed by atoms with E-state index < -0.39 is 0 Å². The van der Waals surface area contributed by atoms with E-state index in [1.54, 1.807) is 0 Å². The molecule has 0 N–H and O–H groups in total. The highest BCUT2D eigenvalue weighted by Gasteiger charge is 2.23. The summed E-state index contributed by atoms with van der Waals surface area (Å²) in [6, 6.07) is 73.2. The highest BCUT2D eigenvalue weighted by Crippen LogP contribution is 2.45. The van der Waals surface area contributed by atoms with Crippen LogP contribution in [0.1, 0.15) is 0 Å². The first-order valence-corrected chi connectivity index (χ1v) is 19.0. The zero-order chi connectivity index (χ0) is 37.0. The van der Waals surface area contributed by atoms with Crippen molar-refractivity contribution in [3.05, 3.63) is 206 Å². The van der Waals surface area contributed by atoms with Crippen molar-refractivity contribution in [2.45, 2.75) is 0 Å². The molecule has 4 heteroatoms. The number of fused-ring (bicyclic) bond motifs is 6. The molecule has 3 aromatic heterocycles. The number of aromatic nitrogens is 4. The second kappa shape index (κ2) is 13.1. The lowest BCUT2D eigenvalue weighted by Gasteiger charge is -2.16. The molecule has 0 aliphatic heterocycles. The van der Waals surface area contributed by atoms with Crippen LogP contribution in [-0.4, -0.2) is 19.1 Å². The molecule has 4 nitrogen and oxygen atoms in total. The Morgan fingerprint density at radius 2 is 0.804 bits per heavy atom. The van der Waals surface area contributed by atoms with Crippen LogP contribution in [-0.2, 0) is 0 Å². The average molecular weight is 715 g/mol. The third-order valence-electron chi connectivity index (χ3n) is 10.9. The second-order valence-corrected chi connectivity index (χ2v) is 14.2. The molecule has 56 heavy (non-hydrogen) atoms. The normalized spacial score (nSPS) is 11.6. The Morgan fingerprint density at radius 1 is 0.304 bits per heavy atom. The van der Waals surface area contributed by atoms with E-state index in [4.69, 9.17) is 9.97 Å². The average Bonchev–Trinajstić information content (AvgIpc) is 3.80. The summed E-state index contributed by atoms with van der Waals surface area (Å²) in [5.41, 5.74) is 14.0. The van der Waals surface area contributed by atoms with Gasteiger partial charge in [0.25, 0.3) is 0 Å². The van der Waals surface area contributed by atoms with Crippen molar-refractivity contribution in [2.24, 2.45) is 0 Å². The lowest BCUT2D eigenvalue weighted by Crippen LogP contribution is -2.05. The van der Waals surface area contributed by atoms with E-state index >= 15 is 0 Å². The monoisotopic (exact) mass is 714 g/mol. The van der Waals surface area contributed by atoms with Crippen LogP contribution in [0.5, 0.6) is 0 Å². The molecule has 11 rings (SSSR count). The van der Waals surface area contributed by atoms with Crippen molar-refractivity contribution in [1.82, 2.24) is 19.1 Å². The molecular formula is C52H34N4. The zero-order valence-electron chi connectivity index (χ0n) is 30.4. The summed E-state index contributed by atoms with van der Waals surface area (Å²) in [6.45, 7) is 0. The number of benzene rings is 8. The maximum atomic E-state index is 5.36. The van der Waals surface area contributed by atoms with Gasteiger partial charge in [0.1, 0.15) is 0 Å². The molecule has 0 amide bonds. The smallest absolute Gasteiger partial charge is 0.235 e. The van der Waals surface area contributed by atoms with Gasteiger partial charge in [0.2, 0.25) is 5.95 Å². The maximum Gasteiger partial charge on any atom is 0.235 e. The van der Waals surface area contributed by atoms with Crippen molar-refractivity contribution < 1.29 is 0 Å². The number of hydrogen-bond donors (Lipinski definition) is 0. The molecule has 0 atom stereocenters. The predicted octanol–water partition coefficient (Wildman–Crippen LogP) is 13.3. The Morgan fingerprint density at radius 3 is 1.43 bits per heavy atom. The van der Waals surface area contributed by atoms with Gasteiger partial charge in [0.15, 0.2) is 0 Å². The van der Waals surface area contributed by atoms with E-state index in [0.29, 0.717) is 5.95 Å². The molecule has 0 aliphatic carbocycles. The Hall–Kier alpha value is -7.56. The van der Waals surface area contributed by atoms with Crippen molar-refractivity contribution in [2.75, 3.05) is 0 Å². The molecular weight excluding hydrogens is 681 g/mol. The summed E-state index contributed by atoms with van der Waals surface area (Å²) in [7, 11) is 0. The van der Waals surface area contributed by atoms with E-state index in [9.17, 15) is 0 Å². The quantitative estimate of drug-likeness (QED) is 0.172. The molecule has 0 fully saturated rings. The third kappa shape index (κ3) is 5.15. The first-order valence-electron chi connectivity index (χ1n) is 19.0. The lowest BCUT2D eigenvalue weighted by molar-refractivity contribution is 0.996. The van der Waals surface area contributed by atoms with Gasteiger partial charge in [-0.25, -0.2) is 9.97 Å². The minimum Gasteiger partial charge on any atom is -0.309 e. The first-order chi connectivity index (χ1) is 27.8. The maximum absolute atomic E-state index is 5.36. The van der Waals surface area contributed by atoms with Crippen LogP contribution in [0.2, 0.25) is 0 Å². The molecule has 3 heterocycles. The largest absolute Gasteiger partial charge is 0.309 e. The van der Waals surface area contributed by atoms with Gasteiger partial charge in [-0.05, 0) is 59.2 Å². The van der Waals surface area contributed by atoms with Crippen molar-refractivity contribution in [3.63, 3.8) is 0 Å². The Bertz CT molecular complexity index is 3160. The van der Waals surface area contributed by atoms with E-state index in [1.165, 1.54) is 21.8 Å². The second-order valence-electron chi connectivity index (χ2n) is 14.2. The van der Waals surface area contributed by atoms with Crippen molar-refractivity contribution in [3.8, 4) is 56.4 Å². The Balaban J connectivity index is 1.27. The van der Waals surface area contributed by atoms with Crippen molar-refractivity contribution in [1.29, 1.82) is 0 Å². The van der Waals surface area contributed by atoms with Gasteiger partial charge >= 0.3 is 0 Å². The predicted molar refractivity (Wildman–Crippen MR) is 232 cm³/mol. The van der Waals surface area contributed by atoms with Crippen molar-refractivity contribution >= 4 is 43.6 Å². The molecule has 0 unspecified atom stereocenters. The Labute approximate surface area is 324 Å². The lowest BCUT2D eigenvalue weighted by atomic mass is 9.91. The minimum atomic E-state index is 0.631. The molecule has 262 valence electrons. The summed E-state index contributed by atoms with van der Waals surface area (Å²) >= 11 is 0. The van der Waals surface area contributed by atoms with Crippen LogP contribution in [0.15, 0.2) is 206 Å². The van der Waals surface area contributed by atoms with Crippen LogP contribution in [0, 0.1) is 0 Å². The molecule has 0 bridgehead atoms. The fraction of sp³-hybridized carbons (Fsp3) is 0. The van der Waals surface area contributed by atoms with E-state index in [1.807, 2.05) is 12.1 Å². The van der Waals surface area contributed by atoms with Gasteiger partial charge in [0.05, 0.1) is 33.5 Å². The van der Waals surface area contributed by atoms with Crippen LogP contribution in [0.3, 0.4) is 0 Å². The zero-order valence-corrected chi connectivity index (χ0v) is 30.4. The fourth-order valence-electron chi connectivity index (χ4n) is 8.44. The number of hydrogen-bond acceptors (Lipinski definition) is 2. The third-order valence-corrected chi connectivity index (χ3v) is 10.9. The van der Waals surface area contributed by atoms with Gasteiger partial charge in [-0.2, -0.15) is 0 Å². The molecule has 0 radical (unpaired) electrons. The highest BCUT2D eigenvalue weighted by atomic mass is 15.2. The molecule has 0 saturated heterocycles. The van der Waals surface area contributed by atoms with Gasteiger partial charge in [0, 0.05) is 43.9 Å². The number of nitrogens with zero attached hydrogens (tertiary/aromatic N) is 4. The van der Waals surface area contributed by atoms with Crippen LogP contribution in [0.25, 0.3) is 100 Å². The Kier molecular flexibility index (Phi) is 7.46. The number of para-hydroxylation sites is 4. The molecule has 8 aromatic carbocycles.